The highest BCUT2D eigenvalue weighted by molar-refractivity contribution is 6.89. The third-order valence-electron chi connectivity index (χ3n) is 3.33. The molecule has 0 saturated heterocycles. The van der Waals surface area contributed by atoms with Crippen molar-refractivity contribution >= 4 is 24.7 Å². The highest BCUT2D eigenvalue weighted by atomic mass is 28.4. The van der Waals surface area contributed by atoms with Gasteiger partial charge in [-0.15, -0.1) is 0 Å². The fourth-order valence-corrected chi connectivity index (χ4v) is 13.3. The van der Waals surface area contributed by atoms with Crippen molar-refractivity contribution in [2.45, 2.75) is 78.2 Å². The summed E-state index contributed by atoms with van der Waals surface area (Å²) in [6, 6.07) is 0. The van der Waals surface area contributed by atoms with E-state index in [1.165, 1.54) is 32.4 Å². The summed E-state index contributed by atoms with van der Waals surface area (Å²) in [5.41, 5.74) is 0. The molecule has 0 heterocycles. The van der Waals surface area contributed by atoms with Crippen LogP contribution >= 0.6 is 0 Å². The first-order chi connectivity index (χ1) is 8.34. The first kappa shape index (κ1) is 19.6. The summed E-state index contributed by atoms with van der Waals surface area (Å²) in [5.74, 6) is 0. The lowest BCUT2D eigenvalue weighted by Gasteiger charge is -2.43. The highest BCUT2D eigenvalue weighted by Gasteiger charge is 2.33. The number of nitrogens with one attached hydrogen (secondary N) is 1. The van der Waals surface area contributed by atoms with Gasteiger partial charge in [0.05, 0.1) is 0 Å². The van der Waals surface area contributed by atoms with Gasteiger partial charge in [-0.1, -0.05) is 65.3 Å². The van der Waals surface area contributed by atoms with Crippen LogP contribution in [-0.4, -0.2) is 42.0 Å². The highest BCUT2D eigenvalue weighted by Crippen LogP contribution is 2.20. The molecule has 2 nitrogen and oxygen atoms in total. The lowest BCUT2D eigenvalue weighted by atomic mass is 10.2. The third kappa shape index (κ3) is 10.0. The second-order valence-electron chi connectivity index (χ2n) is 8.73. The molecule has 0 bridgehead atoms. The van der Waals surface area contributed by atoms with E-state index in [1.54, 1.807) is 0 Å². The molecule has 0 saturated carbocycles. The fourth-order valence-electron chi connectivity index (χ4n) is 2.71. The molecule has 0 aliphatic rings. The molecule has 0 unspecified atom stereocenters. The maximum absolute atomic E-state index is 3.71. The molecule has 116 valence electrons. The van der Waals surface area contributed by atoms with Crippen molar-refractivity contribution in [2.24, 2.45) is 0 Å². The molecule has 0 aliphatic carbocycles. The van der Waals surface area contributed by atoms with Crippen molar-refractivity contribution in [1.82, 2.24) is 9.21 Å². The molecule has 19 heavy (non-hydrogen) atoms. The lowest BCUT2D eigenvalue weighted by Crippen LogP contribution is -2.59. The Morgan fingerprint density at radius 2 is 1.16 bits per heavy atom. The number of hydrogen-bond donors (Lipinski definition) is 1. The maximum Gasteiger partial charge on any atom is 0.116 e. The molecule has 0 amide bonds. The summed E-state index contributed by atoms with van der Waals surface area (Å²) in [6.45, 7) is 24.7. The van der Waals surface area contributed by atoms with Gasteiger partial charge < -0.3 is 9.21 Å². The summed E-state index contributed by atoms with van der Waals surface area (Å²) in [7, 11) is -3.31. The van der Waals surface area contributed by atoms with Crippen LogP contribution in [0.15, 0.2) is 0 Å². The average molecular weight is 319 g/mol. The van der Waals surface area contributed by atoms with Gasteiger partial charge in [0.15, 0.2) is 0 Å². The molecule has 0 aromatic heterocycles. The summed E-state index contributed by atoms with van der Waals surface area (Å²) < 4.78 is 2.91. The van der Waals surface area contributed by atoms with E-state index in [-0.39, 0.29) is 0 Å². The second kappa shape index (κ2) is 7.54. The summed E-state index contributed by atoms with van der Waals surface area (Å²) in [4.78, 5) is 3.71. The number of rotatable bonds is 9. The summed E-state index contributed by atoms with van der Waals surface area (Å²) in [6.07, 6.45) is 4.10. The van der Waals surface area contributed by atoms with E-state index < -0.39 is 24.7 Å². The van der Waals surface area contributed by atoms with E-state index in [1.807, 2.05) is 0 Å². The predicted octanol–water partition coefficient (Wildman–Crippen LogP) is 4.55. The van der Waals surface area contributed by atoms with Crippen LogP contribution in [0.1, 0.15) is 19.3 Å². The van der Waals surface area contributed by atoms with Crippen LogP contribution in [0.4, 0.5) is 0 Å². The van der Waals surface area contributed by atoms with E-state index in [0.29, 0.717) is 0 Å². The van der Waals surface area contributed by atoms with Crippen molar-refractivity contribution in [3.8, 4) is 0 Å². The fraction of sp³-hybridized carbons (Fsp3) is 1.00. The Bertz CT molecular complexity index is 235. The van der Waals surface area contributed by atoms with Crippen LogP contribution in [0.25, 0.3) is 0 Å². The Balaban J connectivity index is 3.97. The van der Waals surface area contributed by atoms with Crippen molar-refractivity contribution in [2.75, 3.05) is 13.1 Å². The van der Waals surface area contributed by atoms with Gasteiger partial charge in [-0.3, -0.25) is 0 Å². The largest absolute Gasteiger partial charge is 0.346 e. The van der Waals surface area contributed by atoms with Gasteiger partial charge in [0.2, 0.25) is 0 Å². The van der Waals surface area contributed by atoms with Crippen molar-refractivity contribution < 1.29 is 0 Å². The average Bonchev–Trinajstić information content (AvgIpc) is 2.10. The zero-order valence-corrected chi connectivity index (χ0v) is 18.0. The Morgan fingerprint density at radius 1 is 0.684 bits per heavy atom. The molecular weight excluding hydrogens is 280 g/mol. The first-order valence-electron chi connectivity index (χ1n) is 7.87. The summed E-state index contributed by atoms with van der Waals surface area (Å²) >= 11 is 0. The topological polar surface area (TPSA) is 15.3 Å². The van der Waals surface area contributed by atoms with Crippen LogP contribution in [0, 0.1) is 0 Å². The van der Waals surface area contributed by atoms with Crippen LogP contribution < -0.4 is 4.98 Å². The Hall–Kier alpha value is 0.571. The quantitative estimate of drug-likeness (QED) is 0.495. The molecule has 0 rings (SSSR count). The Labute approximate surface area is 125 Å². The van der Waals surface area contributed by atoms with Gasteiger partial charge in [-0.2, -0.15) is 0 Å². The number of hydrogen-bond acceptors (Lipinski definition) is 2. The third-order valence-corrected chi connectivity index (χ3v) is 12.4. The lowest BCUT2D eigenvalue weighted by molar-refractivity contribution is 0.547. The van der Waals surface area contributed by atoms with Gasteiger partial charge in [-0.25, -0.2) is 0 Å². The molecule has 1 N–H and O–H groups in total. The van der Waals surface area contributed by atoms with E-state index in [9.17, 15) is 0 Å². The molecule has 5 heteroatoms. The van der Waals surface area contributed by atoms with Crippen LogP contribution in [0.5, 0.6) is 0 Å². The molecule has 0 aromatic rings. The van der Waals surface area contributed by atoms with E-state index in [4.69, 9.17) is 0 Å². The minimum Gasteiger partial charge on any atom is -0.346 e. The zero-order chi connectivity index (χ0) is 15.3. The molecule has 0 spiro atoms. The summed E-state index contributed by atoms with van der Waals surface area (Å²) in [5, 5.41) is 0. The molecular formula is C14H38N2Si3. The molecule has 0 atom stereocenters. The molecule has 0 aliphatic heterocycles. The van der Waals surface area contributed by atoms with Crippen molar-refractivity contribution in [3.05, 3.63) is 0 Å². The zero-order valence-electron chi connectivity index (χ0n) is 15.0. The van der Waals surface area contributed by atoms with Crippen LogP contribution in [-0.2, 0) is 0 Å². The van der Waals surface area contributed by atoms with Crippen molar-refractivity contribution in [1.29, 1.82) is 0 Å². The first-order valence-corrected chi connectivity index (χ1v) is 18.3. The van der Waals surface area contributed by atoms with Crippen LogP contribution in [0.3, 0.4) is 0 Å². The minimum absolute atomic E-state index is 1.05. The Kier molecular flexibility index (Phi) is 7.77. The molecule has 0 aromatic carbocycles. The SMILES string of the molecule is C[Si](C)(C)NCCCCCN([Si](C)(C)C)[Si](C)(C)C. The van der Waals surface area contributed by atoms with Crippen LogP contribution in [0.2, 0.25) is 58.9 Å². The minimum atomic E-state index is -1.13. The molecule has 0 fully saturated rings. The Morgan fingerprint density at radius 3 is 1.53 bits per heavy atom. The maximum atomic E-state index is 3.71. The predicted molar refractivity (Wildman–Crippen MR) is 98.6 cm³/mol. The standard InChI is InChI=1S/C14H38N2Si3/c1-17(2,3)15-13-11-10-12-14-16(18(4,5)6)19(7,8)9/h15H,10-14H2,1-9H3. The van der Waals surface area contributed by atoms with Gasteiger partial charge in [0.1, 0.15) is 24.7 Å². The van der Waals surface area contributed by atoms with Gasteiger partial charge in [0, 0.05) is 0 Å². The van der Waals surface area contributed by atoms with Gasteiger partial charge in [0.25, 0.3) is 0 Å². The van der Waals surface area contributed by atoms with Gasteiger partial charge >= 0.3 is 0 Å². The van der Waals surface area contributed by atoms with E-state index in [0.717, 1.165) is 0 Å². The smallest absolute Gasteiger partial charge is 0.116 e. The van der Waals surface area contributed by atoms with E-state index >= 15 is 0 Å². The van der Waals surface area contributed by atoms with E-state index in [2.05, 4.69) is 68.1 Å². The second-order valence-corrected chi connectivity index (χ2v) is 23.8. The normalized spacial score (nSPS) is 14.2. The van der Waals surface area contributed by atoms with Crippen molar-refractivity contribution in [3.63, 3.8) is 0 Å². The van der Waals surface area contributed by atoms with Gasteiger partial charge in [-0.05, 0) is 25.9 Å². The molecule has 0 radical (unpaired) electrons. The number of unbranched alkanes of at least 4 members (excludes halogenated alkanes) is 2. The monoisotopic (exact) mass is 318 g/mol. The number of nitrogens with zero attached hydrogens (tertiary/aromatic N) is 1.